The summed E-state index contributed by atoms with van der Waals surface area (Å²) in [5.41, 5.74) is 6.65. The van der Waals surface area contributed by atoms with E-state index in [1.807, 2.05) is 37.3 Å². The van der Waals surface area contributed by atoms with Gasteiger partial charge in [0.15, 0.2) is 0 Å². The molecule has 114 valence electrons. The smallest absolute Gasteiger partial charge is 0.248 e. The van der Waals surface area contributed by atoms with E-state index in [0.717, 1.165) is 18.4 Å². The van der Waals surface area contributed by atoms with Crippen LogP contribution in [0.1, 0.15) is 56.9 Å². The Bertz CT molecular complexity index is 550. The molecular weight excluding hydrogens is 266 g/mol. The third-order valence-corrected chi connectivity index (χ3v) is 3.84. The number of nitrogens with zero attached hydrogens (tertiary/aromatic N) is 2. The van der Waals surface area contributed by atoms with Crippen molar-refractivity contribution < 1.29 is 9.26 Å². The van der Waals surface area contributed by atoms with E-state index in [1.165, 1.54) is 0 Å². The normalized spacial score (nSPS) is 13.3. The zero-order chi connectivity index (χ0) is 15.3. The molecule has 0 aliphatic carbocycles. The number of hydrogen-bond donors (Lipinski definition) is 1. The quantitative estimate of drug-likeness (QED) is 0.847. The molecule has 0 fully saturated rings. The van der Waals surface area contributed by atoms with Gasteiger partial charge in [-0.1, -0.05) is 49.3 Å². The van der Waals surface area contributed by atoms with Gasteiger partial charge in [0.1, 0.15) is 11.6 Å². The highest BCUT2D eigenvalue weighted by molar-refractivity contribution is 5.23. The fraction of sp³-hybridized carbons (Fsp3) is 0.500. The molecule has 0 radical (unpaired) electrons. The lowest BCUT2D eigenvalue weighted by Gasteiger charge is -2.27. The highest BCUT2D eigenvalue weighted by atomic mass is 16.5. The van der Waals surface area contributed by atoms with Crippen molar-refractivity contribution in [2.24, 2.45) is 5.73 Å². The Morgan fingerprint density at radius 2 is 1.86 bits per heavy atom. The van der Waals surface area contributed by atoms with Crippen molar-refractivity contribution >= 4 is 0 Å². The molecule has 5 heteroatoms. The predicted molar refractivity (Wildman–Crippen MR) is 80.7 cm³/mol. The fourth-order valence-corrected chi connectivity index (χ4v) is 2.46. The second-order valence-corrected chi connectivity index (χ2v) is 4.98. The Balaban J connectivity index is 2.28. The molecule has 21 heavy (non-hydrogen) atoms. The predicted octanol–water partition coefficient (Wildman–Crippen LogP) is 3.17. The maximum absolute atomic E-state index is 6.19. The van der Waals surface area contributed by atoms with E-state index in [4.69, 9.17) is 15.0 Å². The monoisotopic (exact) mass is 289 g/mol. The molecule has 2 aromatic rings. The number of aromatic nitrogens is 2. The van der Waals surface area contributed by atoms with Crippen molar-refractivity contribution in [3.05, 3.63) is 47.6 Å². The first kappa shape index (κ1) is 15.7. The summed E-state index contributed by atoms with van der Waals surface area (Å²) in [6, 6.07) is 9.31. The van der Waals surface area contributed by atoms with E-state index >= 15 is 0 Å². The highest BCUT2D eigenvalue weighted by Gasteiger charge is 2.35. The average Bonchev–Trinajstić information content (AvgIpc) is 3.03. The van der Waals surface area contributed by atoms with E-state index in [0.29, 0.717) is 18.3 Å². The van der Waals surface area contributed by atoms with Gasteiger partial charge in [-0.25, -0.2) is 0 Å². The van der Waals surface area contributed by atoms with Gasteiger partial charge in [0.2, 0.25) is 11.7 Å². The SMILES string of the molecule is CCOC(CC)(CC)c1noc([C@@H](N)c2ccccc2)n1. The van der Waals surface area contributed by atoms with Crippen LogP contribution in [0.15, 0.2) is 34.9 Å². The Morgan fingerprint density at radius 1 is 1.19 bits per heavy atom. The van der Waals surface area contributed by atoms with Crippen LogP contribution in [-0.2, 0) is 10.3 Å². The number of hydrogen-bond acceptors (Lipinski definition) is 5. The lowest BCUT2D eigenvalue weighted by molar-refractivity contribution is -0.0583. The van der Waals surface area contributed by atoms with Crippen molar-refractivity contribution in [2.45, 2.75) is 45.3 Å². The molecule has 0 spiro atoms. The van der Waals surface area contributed by atoms with Gasteiger partial charge in [0.25, 0.3) is 0 Å². The molecule has 1 heterocycles. The number of rotatable bonds is 7. The first-order valence-corrected chi connectivity index (χ1v) is 7.45. The van der Waals surface area contributed by atoms with Gasteiger partial charge in [-0.3, -0.25) is 0 Å². The second-order valence-electron chi connectivity index (χ2n) is 4.98. The standard InChI is InChI=1S/C16H23N3O2/c1-4-16(5-2,20-6-3)15-18-14(21-19-15)13(17)12-10-8-7-9-11-12/h7-11,13H,4-6,17H2,1-3H3/t13-/m0/s1. The van der Waals surface area contributed by atoms with Gasteiger partial charge in [0.05, 0.1) is 0 Å². The summed E-state index contributed by atoms with van der Waals surface area (Å²) < 4.78 is 11.3. The van der Waals surface area contributed by atoms with E-state index in [9.17, 15) is 0 Å². The molecular formula is C16H23N3O2. The molecule has 1 atom stereocenters. The summed E-state index contributed by atoms with van der Waals surface area (Å²) in [6.07, 6.45) is 1.58. The first-order chi connectivity index (χ1) is 10.2. The molecule has 0 amide bonds. The Kier molecular flexibility index (Phi) is 5.09. The molecule has 0 saturated heterocycles. The lowest BCUT2D eigenvalue weighted by Crippen LogP contribution is -2.30. The van der Waals surface area contributed by atoms with Crippen LogP contribution in [0.2, 0.25) is 0 Å². The summed E-state index contributed by atoms with van der Waals surface area (Å²) in [7, 11) is 0. The third kappa shape index (κ3) is 3.14. The Hall–Kier alpha value is -1.72. The van der Waals surface area contributed by atoms with Crippen molar-refractivity contribution in [2.75, 3.05) is 6.61 Å². The largest absolute Gasteiger partial charge is 0.367 e. The second kappa shape index (κ2) is 6.83. The van der Waals surface area contributed by atoms with Crippen LogP contribution >= 0.6 is 0 Å². The maximum Gasteiger partial charge on any atom is 0.248 e. The molecule has 0 aliphatic heterocycles. The van der Waals surface area contributed by atoms with Gasteiger partial charge in [-0.15, -0.1) is 0 Å². The van der Waals surface area contributed by atoms with Crippen LogP contribution in [0.3, 0.4) is 0 Å². The summed E-state index contributed by atoms with van der Waals surface area (Å²) in [5.74, 6) is 0.998. The van der Waals surface area contributed by atoms with Crippen LogP contribution in [0.5, 0.6) is 0 Å². The van der Waals surface area contributed by atoms with Crippen molar-refractivity contribution in [3.63, 3.8) is 0 Å². The van der Waals surface area contributed by atoms with Crippen LogP contribution < -0.4 is 5.73 Å². The maximum atomic E-state index is 6.19. The molecule has 5 nitrogen and oxygen atoms in total. The summed E-state index contributed by atoms with van der Waals surface area (Å²) >= 11 is 0. The van der Waals surface area contributed by atoms with Gasteiger partial charge in [-0.2, -0.15) is 4.98 Å². The van der Waals surface area contributed by atoms with E-state index < -0.39 is 11.6 Å². The highest BCUT2D eigenvalue weighted by Crippen LogP contribution is 2.32. The molecule has 0 aliphatic rings. The van der Waals surface area contributed by atoms with E-state index in [-0.39, 0.29) is 0 Å². The van der Waals surface area contributed by atoms with Crippen molar-refractivity contribution in [1.29, 1.82) is 0 Å². The number of ether oxygens (including phenoxy) is 1. The zero-order valence-corrected chi connectivity index (χ0v) is 12.9. The van der Waals surface area contributed by atoms with Gasteiger partial charge in [0, 0.05) is 6.61 Å². The van der Waals surface area contributed by atoms with Crippen LogP contribution in [0.4, 0.5) is 0 Å². The molecule has 1 aromatic carbocycles. The minimum Gasteiger partial charge on any atom is -0.367 e. The van der Waals surface area contributed by atoms with E-state index in [1.54, 1.807) is 0 Å². The molecule has 1 aromatic heterocycles. The number of nitrogens with two attached hydrogens (primary N) is 1. The van der Waals surface area contributed by atoms with Gasteiger partial charge in [-0.05, 0) is 25.3 Å². The summed E-state index contributed by atoms with van der Waals surface area (Å²) in [4.78, 5) is 4.49. The minimum absolute atomic E-state index is 0.416. The number of benzene rings is 1. The van der Waals surface area contributed by atoms with Crippen LogP contribution in [0, 0.1) is 0 Å². The lowest BCUT2D eigenvalue weighted by atomic mass is 9.96. The van der Waals surface area contributed by atoms with Crippen molar-refractivity contribution in [1.82, 2.24) is 10.1 Å². The van der Waals surface area contributed by atoms with Gasteiger partial charge < -0.3 is 15.0 Å². The molecule has 0 unspecified atom stereocenters. The molecule has 0 saturated carbocycles. The zero-order valence-electron chi connectivity index (χ0n) is 12.9. The third-order valence-electron chi connectivity index (χ3n) is 3.84. The fourth-order valence-electron chi connectivity index (χ4n) is 2.46. The average molecular weight is 289 g/mol. The van der Waals surface area contributed by atoms with Gasteiger partial charge >= 0.3 is 0 Å². The Labute approximate surface area is 125 Å². The molecule has 2 rings (SSSR count). The molecule has 0 bridgehead atoms. The topological polar surface area (TPSA) is 74.2 Å². The summed E-state index contributed by atoms with van der Waals surface area (Å²) in [5, 5.41) is 4.10. The minimum atomic E-state index is -0.493. The van der Waals surface area contributed by atoms with Crippen LogP contribution in [0.25, 0.3) is 0 Å². The van der Waals surface area contributed by atoms with E-state index in [2.05, 4.69) is 24.0 Å². The van der Waals surface area contributed by atoms with Crippen molar-refractivity contribution in [3.8, 4) is 0 Å². The Morgan fingerprint density at radius 3 is 2.43 bits per heavy atom. The first-order valence-electron chi connectivity index (χ1n) is 7.45. The summed E-state index contributed by atoms with van der Waals surface area (Å²) in [6.45, 7) is 6.70. The van der Waals surface area contributed by atoms with Crippen LogP contribution in [-0.4, -0.2) is 16.7 Å². The molecule has 2 N–H and O–H groups in total.